The molecule has 1 aliphatic rings. The van der Waals surface area contributed by atoms with Gasteiger partial charge in [-0.3, -0.25) is 0 Å². The Hall–Kier alpha value is -3.27. The van der Waals surface area contributed by atoms with Crippen LogP contribution in [0.2, 0.25) is 0 Å². The van der Waals surface area contributed by atoms with Crippen LogP contribution in [-0.2, 0) is 31.2 Å². The largest absolute Gasteiger partial charge is 0.380 e. The molecule has 0 atom stereocenters. The van der Waals surface area contributed by atoms with Gasteiger partial charge >= 0.3 is 0 Å². The number of benzene rings is 2. The topological polar surface area (TPSA) is 95.3 Å². The van der Waals surface area contributed by atoms with Crippen molar-refractivity contribution in [3.05, 3.63) is 95.8 Å². The molecule has 0 amide bonds. The smallest absolute Gasteiger partial charge is 0.269 e. The van der Waals surface area contributed by atoms with Crippen molar-refractivity contribution in [2.45, 2.75) is 42.1 Å². The molecule has 1 aliphatic carbocycles. The second-order valence-electron chi connectivity index (χ2n) is 9.72. The third-order valence-electron chi connectivity index (χ3n) is 6.92. The van der Waals surface area contributed by atoms with E-state index in [1.165, 1.54) is 10.2 Å². The SMILES string of the molecule is COCc1cnc2c(c1)cc(/C(=C/C1CCCC1)c1ccc(S(C)(=O)=O)cc1)n2S(=O)(=O)c1ccccc1. The maximum atomic E-state index is 14.1. The van der Waals surface area contributed by atoms with Crippen molar-refractivity contribution in [1.29, 1.82) is 0 Å². The average molecular weight is 551 g/mol. The highest BCUT2D eigenvalue weighted by Crippen LogP contribution is 2.36. The van der Waals surface area contributed by atoms with Gasteiger partial charge in [-0.1, -0.05) is 49.2 Å². The van der Waals surface area contributed by atoms with Crippen molar-refractivity contribution in [2.75, 3.05) is 13.4 Å². The summed E-state index contributed by atoms with van der Waals surface area (Å²) in [5.74, 6) is 0.294. The molecule has 0 bridgehead atoms. The van der Waals surface area contributed by atoms with Crippen LogP contribution >= 0.6 is 0 Å². The average Bonchev–Trinajstić information content (AvgIpc) is 3.55. The van der Waals surface area contributed by atoms with E-state index >= 15 is 0 Å². The van der Waals surface area contributed by atoms with Crippen molar-refractivity contribution < 1.29 is 21.6 Å². The van der Waals surface area contributed by atoms with Gasteiger partial charge in [0.15, 0.2) is 15.5 Å². The van der Waals surface area contributed by atoms with Crippen LogP contribution in [0.4, 0.5) is 0 Å². The first-order chi connectivity index (χ1) is 18.2. The van der Waals surface area contributed by atoms with Gasteiger partial charge in [0.05, 0.1) is 22.1 Å². The van der Waals surface area contributed by atoms with Gasteiger partial charge in [-0.15, -0.1) is 0 Å². The van der Waals surface area contributed by atoms with Crippen LogP contribution in [0.1, 0.15) is 42.5 Å². The molecule has 0 unspecified atom stereocenters. The van der Waals surface area contributed by atoms with E-state index < -0.39 is 19.9 Å². The molecule has 0 N–H and O–H groups in total. The molecule has 198 valence electrons. The van der Waals surface area contributed by atoms with Crippen LogP contribution in [0.15, 0.2) is 88.8 Å². The second-order valence-corrected chi connectivity index (χ2v) is 13.5. The van der Waals surface area contributed by atoms with Crippen LogP contribution in [0.25, 0.3) is 16.6 Å². The fourth-order valence-corrected chi connectivity index (χ4v) is 7.19. The van der Waals surface area contributed by atoms with Gasteiger partial charge in [0.1, 0.15) is 0 Å². The summed E-state index contributed by atoms with van der Waals surface area (Å²) in [6.45, 7) is 0.354. The van der Waals surface area contributed by atoms with E-state index in [1.54, 1.807) is 67.9 Å². The number of nitrogens with zero attached hydrogens (tertiary/aromatic N) is 2. The van der Waals surface area contributed by atoms with Crippen molar-refractivity contribution >= 4 is 36.5 Å². The van der Waals surface area contributed by atoms with E-state index in [2.05, 4.69) is 11.1 Å². The Kier molecular flexibility index (Phi) is 7.26. The van der Waals surface area contributed by atoms with Crippen molar-refractivity contribution in [2.24, 2.45) is 5.92 Å². The van der Waals surface area contributed by atoms with Crippen molar-refractivity contribution in [3.8, 4) is 0 Å². The summed E-state index contributed by atoms with van der Waals surface area (Å²) in [4.78, 5) is 4.94. The lowest BCUT2D eigenvalue weighted by Gasteiger charge is -2.16. The molecule has 38 heavy (non-hydrogen) atoms. The molecule has 5 rings (SSSR count). The number of sulfone groups is 1. The fourth-order valence-electron chi connectivity index (χ4n) is 5.06. The van der Waals surface area contributed by atoms with E-state index in [1.807, 2.05) is 12.1 Å². The van der Waals surface area contributed by atoms with Crippen LogP contribution in [-0.4, -0.2) is 39.2 Å². The summed E-state index contributed by atoms with van der Waals surface area (Å²) in [6, 6.07) is 18.7. The molecule has 4 aromatic rings. The lowest BCUT2D eigenvalue weighted by molar-refractivity contribution is 0.184. The lowest BCUT2D eigenvalue weighted by Crippen LogP contribution is -2.16. The molecule has 0 saturated heterocycles. The standard InChI is InChI=1S/C29H30N2O5S2/c1-36-20-22-16-24-18-28(31(29(24)30-19-22)38(34,35)26-10-4-3-5-11-26)27(17-21-8-6-7-9-21)23-12-14-25(15-13-23)37(2,32)33/h3-5,10-19,21H,6-9,20H2,1-2H3/b27-17+. The number of rotatable bonds is 8. The summed E-state index contributed by atoms with van der Waals surface area (Å²) in [7, 11) is -5.78. The highest BCUT2D eigenvalue weighted by atomic mass is 32.2. The third kappa shape index (κ3) is 5.18. The predicted octanol–water partition coefficient (Wildman–Crippen LogP) is 5.45. The van der Waals surface area contributed by atoms with E-state index in [4.69, 9.17) is 4.74 Å². The first kappa shape index (κ1) is 26.3. The molecular weight excluding hydrogens is 520 g/mol. The van der Waals surface area contributed by atoms with E-state index in [-0.39, 0.29) is 9.79 Å². The molecule has 2 aromatic heterocycles. The Morgan fingerprint density at radius 2 is 1.66 bits per heavy atom. The lowest BCUT2D eigenvalue weighted by atomic mass is 9.96. The van der Waals surface area contributed by atoms with Gasteiger partial charge in [-0.05, 0) is 66.3 Å². The van der Waals surface area contributed by atoms with Crippen molar-refractivity contribution in [3.63, 3.8) is 0 Å². The van der Waals surface area contributed by atoms with Gasteiger partial charge in [0.2, 0.25) is 0 Å². The summed E-state index contributed by atoms with van der Waals surface area (Å²) < 4.78 is 59.0. The Balaban J connectivity index is 1.79. The van der Waals surface area contributed by atoms with Crippen LogP contribution in [0.3, 0.4) is 0 Å². The van der Waals surface area contributed by atoms with Crippen LogP contribution < -0.4 is 0 Å². The number of methoxy groups -OCH3 is 1. The minimum absolute atomic E-state index is 0.161. The maximum absolute atomic E-state index is 14.1. The van der Waals surface area contributed by atoms with E-state index in [0.29, 0.717) is 29.3 Å². The molecule has 1 saturated carbocycles. The molecule has 0 spiro atoms. The summed E-state index contributed by atoms with van der Waals surface area (Å²) in [6.07, 6.45) is 9.23. The number of aromatic nitrogens is 2. The number of allylic oxidation sites excluding steroid dienone is 1. The molecule has 1 fully saturated rings. The quantitative estimate of drug-likeness (QED) is 0.290. The van der Waals surface area contributed by atoms with Gasteiger partial charge < -0.3 is 4.74 Å². The molecule has 9 heteroatoms. The number of pyridine rings is 1. The second kappa shape index (κ2) is 10.5. The minimum Gasteiger partial charge on any atom is -0.380 e. The number of hydrogen-bond donors (Lipinski definition) is 0. The molecule has 0 radical (unpaired) electrons. The Bertz CT molecular complexity index is 1700. The van der Waals surface area contributed by atoms with Crippen LogP contribution in [0, 0.1) is 5.92 Å². The fraction of sp³-hybridized carbons (Fsp3) is 0.276. The van der Waals surface area contributed by atoms with E-state index in [9.17, 15) is 16.8 Å². The zero-order chi connectivity index (χ0) is 26.9. The van der Waals surface area contributed by atoms with Crippen LogP contribution in [0.5, 0.6) is 0 Å². The molecule has 0 aliphatic heterocycles. The summed E-state index contributed by atoms with van der Waals surface area (Å²) in [5.41, 5.74) is 3.13. The third-order valence-corrected chi connectivity index (χ3v) is 9.77. The Labute approximate surface area is 223 Å². The van der Waals surface area contributed by atoms with Gasteiger partial charge in [0, 0.05) is 30.5 Å². The first-order valence-electron chi connectivity index (χ1n) is 12.5. The molecule has 2 heterocycles. The summed E-state index contributed by atoms with van der Waals surface area (Å²) in [5, 5.41) is 0.680. The Morgan fingerprint density at radius 1 is 0.974 bits per heavy atom. The monoisotopic (exact) mass is 550 g/mol. The maximum Gasteiger partial charge on any atom is 0.269 e. The molecule has 2 aromatic carbocycles. The number of fused-ring (bicyclic) bond motifs is 1. The molecule has 7 nitrogen and oxygen atoms in total. The number of ether oxygens (including phenoxy) is 1. The highest BCUT2D eigenvalue weighted by Gasteiger charge is 2.27. The highest BCUT2D eigenvalue weighted by molar-refractivity contribution is 7.90. The summed E-state index contributed by atoms with van der Waals surface area (Å²) >= 11 is 0. The minimum atomic E-state index is -4.01. The molecular formula is C29H30N2O5S2. The zero-order valence-electron chi connectivity index (χ0n) is 21.4. The zero-order valence-corrected chi connectivity index (χ0v) is 23.0. The van der Waals surface area contributed by atoms with Gasteiger partial charge in [-0.2, -0.15) is 0 Å². The van der Waals surface area contributed by atoms with Crippen molar-refractivity contribution in [1.82, 2.24) is 8.96 Å². The number of hydrogen-bond acceptors (Lipinski definition) is 6. The first-order valence-corrected chi connectivity index (χ1v) is 15.8. The normalized spacial score (nSPS) is 15.4. The Morgan fingerprint density at radius 3 is 2.29 bits per heavy atom. The predicted molar refractivity (Wildman–Crippen MR) is 148 cm³/mol. The van der Waals surface area contributed by atoms with E-state index in [0.717, 1.165) is 42.4 Å². The van der Waals surface area contributed by atoms with Gasteiger partial charge in [0.25, 0.3) is 10.0 Å². The van der Waals surface area contributed by atoms with Gasteiger partial charge in [-0.25, -0.2) is 25.8 Å².